The van der Waals surface area contributed by atoms with Crippen LogP contribution in [0.25, 0.3) is 0 Å². The van der Waals surface area contributed by atoms with Gasteiger partial charge in [0.2, 0.25) is 0 Å². The van der Waals surface area contributed by atoms with Crippen LogP contribution in [-0.2, 0) is 0 Å². The highest BCUT2D eigenvalue weighted by molar-refractivity contribution is 4.89. The van der Waals surface area contributed by atoms with Crippen molar-refractivity contribution in [3.8, 4) is 0 Å². The highest BCUT2D eigenvalue weighted by Gasteiger charge is 2.35. The van der Waals surface area contributed by atoms with Gasteiger partial charge in [-0.2, -0.15) is 0 Å². The topological polar surface area (TPSA) is 23.5 Å². The summed E-state index contributed by atoms with van der Waals surface area (Å²) < 4.78 is 0. The quantitative estimate of drug-likeness (QED) is 0.776. The van der Waals surface area contributed by atoms with E-state index >= 15 is 0 Å². The number of nitrogens with zero attached hydrogens (tertiary/aromatic N) is 1. The molecule has 2 unspecified atom stereocenters. The highest BCUT2D eigenvalue weighted by Crippen LogP contribution is 2.37. The molecule has 15 heavy (non-hydrogen) atoms. The maximum atomic E-state index is 10.0. The van der Waals surface area contributed by atoms with Crippen LogP contribution >= 0.6 is 0 Å². The van der Waals surface area contributed by atoms with Crippen molar-refractivity contribution in [2.75, 3.05) is 13.6 Å². The third-order valence-electron chi connectivity index (χ3n) is 3.75. The van der Waals surface area contributed by atoms with Gasteiger partial charge in [-0.15, -0.1) is 0 Å². The molecule has 0 saturated heterocycles. The van der Waals surface area contributed by atoms with Gasteiger partial charge in [-0.3, -0.25) is 0 Å². The number of aliphatic hydroxyl groups excluding tert-OH is 1. The molecule has 2 nitrogen and oxygen atoms in total. The molecule has 0 heterocycles. The molecule has 0 spiro atoms. The monoisotopic (exact) mass is 213 g/mol. The summed E-state index contributed by atoms with van der Waals surface area (Å²) in [5.74, 6) is 0. The van der Waals surface area contributed by atoms with E-state index in [1.807, 2.05) is 0 Å². The Labute approximate surface area is 94.7 Å². The molecule has 0 radical (unpaired) electrons. The molecule has 1 fully saturated rings. The van der Waals surface area contributed by atoms with Crippen LogP contribution in [0.1, 0.15) is 52.9 Å². The fourth-order valence-electron chi connectivity index (χ4n) is 2.56. The molecule has 1 aliphatic carbocycles. The molecular weight excluding hydrogens is 186 g/mol. The van der Waals surface area contributed by atoms with E-state index in [0.717, 1.165) is 25.8 Å². The number of hydrogen-bond acceptors (Lipinski definition) is 2. The summed E-state index contributed by atoms with van der Waals surface area (Å²) in [6.07, 6.45) is 5.62. The normalized spacial score (nSPS) is 30.8. The van der Waals surface area contributed by atoms with Crippen molar-refractivity contribution >= 4 is 0 Å². The molecule has 1 saturated carbocycles. The van der Waals surface area contributed by atoms with E-state index < -0.39 is 0 Å². The summed E-state index contributed by atoms with van der Waals surface area (Å²) in [5, 5.41) is 10.0. The number of unbranched alkanes of at least 4 members (excludes halogenated alkanes) is 1. The minimum atomic E-state index is -0.111. The fraction of sp³-hybridized carbons (Fsp3) is 1.00. The second-order valence-electron chi connectivity index (χ2n) is 5.88. The molecule has 90 valence electrons. The Hall–Kier alpha value is -0.0800. The smallest absolute Gasteiger partial charge is 0.0695 e. The maximum absolute atomic E-state index is 10.0. The molecule has 0 aromatic heterocycles. The molecule has 1 rings (SSSR count). The largest absolute Gasteiger partial charge is 0.391 e. The van der Waals surface area contributed by atoms with Gasteiger partial charge in [0.15, 0.2) is 0 Å². The van der Waals surface area contributed by atoms with Crippen molar-refractivity contribution in [3.63, 3.8) is 0 Å². The van der Waals surface area contributed by atoms with E-state index in [-0.39, 0.29) is 6.10 Å². The lowest BCUT2D eigenvalue weighted by Crippen LogP contribution is -2.47. The van der Waals surface area contributed by atoms with Crippen molar-refractivity contribution in [3.05, 3.63) is 0 Å². The summed E-state index contributed by atoms with van der Waals surface area (Å²) in [7, 11) is 2.16. The molecule has 0 amide bonds. The van der Waals surface area contributed by atoms with Gasteiger partial charge in [0.05, 0.1) is 6.10 Å². The van der Waals surface area contributed by atoms with E-state index in [4.69, 9.17) is 0 Å². The Morgan fingerprint density at radius 3 is 2.67 bits per heavy atom. The van der Waals surface area contributed by atoms with E-state index in [9.17, 15) is 5.11 Å². The minimum absolute atomic E-state index is 0.111. The van der Waals surface area contributed by atoms with Gasteiger partial charge in [-0.1, -0.05) is 27.2 Å². The predicted molar refractivity (Wildman–Crippen MR) is 65.0 cm³/mol. The van der Waals surface area contributed by atoms with Crippen LogP contribution in [0.15, 0.2) is 0 Å². The van der Waals surface area contributed by atoms with Crippen LogP contribution in [-0.4, -0.2) is 35.7 Å². The van der Waals surface area contributed by atoms with Gasteiger partial charge in [0.1, 0.15) is 0 Å². The first-order valence-corrected chi connectivity index (χ1v) is 6.34. The van der Waals surface area contributed by atoms with Gasteiger partial charge < -0.3 is 10.0 Å². The zero-order valence-electron chi connectivity index (χ0n) is 10.8. The van der Waals surface area contributed by atoms with E-state index in [0.29, 0.717) is 11.5 Å². The molecule has 2 atom stereocenters. The SMILES string of the molecule is CCCCN(C)C1CC(C)(C)CCC1O. The summed E-state index contributed by atoms with van der Waals surface area (Å²) in [6.45, 7) is 7.97. The first kappa shape index (κ1) is 13.0. The lowest BCUT2D eigenvalue weighted by atomic mass is 9.73. The van der Waals surface area contributed by atoms with Crippen LogP contribution < -0.4 is 0 Å². The van der Waals surface area contributed by atoms with E-state index in [1.165, 1.54) is 12.8 Å². The van der Waals surface area contributed by atoms with Crippen LogP contribution in [0.3, 0.4) is 0 Å². The molecule has 0 aromatic rings. The standard InChI is InChI=1S/C13H27NO/c1-5-6-9-14(4)11-10-13(2,3)8-7-12(11)15/h11-12,15H,5-10H2,1-4H3. The average molecular weight is 213 g/mol. The van der Waals surface area contributed by atoms with Crippen molar-refractivity contribution in [1.82, 2.24) is 4.90 Å². The molecule has 0 bridgehead atoms. The molecule has 1 aliphatic rings. The van der Waals surface area contributed by atoms with Gasteiger partial charge >= 0.3 is 0 Å². The lowest BCUT2D eigenvalue weighted by Gasteiger charge is -2.42. The Kier molecular flexibility index (Phi) is 4.60. The van der Waals surface area contributed by atoms with Crippen LogP contribution in [0.5, 0.6) is 0 Å². The van der Waals surface area contributed by atoms with Crippen LogP contribution in [0, 0.1) is 5.41 Å². The van der Waals surface area contributed by atoms with E-state index in [2.05, 4.69) is 32.7 Å². The summed E-state index contributed by atoms with van der Waals surface area (Å²) in [6, 6.07) is 0.375. The Balaban J connectivity index is 2.50. The lowest BCUT2D eigenvalue weighted by molar-refractivity contribution is -0.00756. The second kappa shape index (κ2) is 5.31. The third-order valence-corrected chi connectivity index (χ3v) is 3.75. The first-order valence-electron chi connectivity index (χ1n) is 6.34. The highest BCUT2D eigenvalue weighted by atomic mass is 16.3. The predicted octanol–water partition coefficient (Wildman–Crippen LogP) is 2.66. The average Bonchev–Trinajstić information content (AvgIpc) is 2.18. The maximum Gasteiger partial charge on any atom is 0.0695 e. The Bertz CT molecular complexity index is 191. The number of aliphatic hydroxyl groups is 1. The summed E-state index contributed by atoms with van der Waals surface area (Å²) in [5.41, 5.74) is 0.407. The summed E-state index contributed by atoms with van der Waals surface area (Å²) in [4.78, 5) is 2.36. The molecular formula is C13H27NO. The zero-order chi connectivity index (χ0) is 11.5. The van der Waals surface area contributed by atoms with Gasteiger partial charge in [0.25, 0.3) is 0 Å². The Morgan fingerprint density at radius 2 is 2.07 bits per heavy atom. The minimum Gasteiger partial charge on any atom is -0.391 e. The van der Waals surface area contributed by atoms with Crippen molar-refractivity contribution < 1.29 is 5.11 Å². The first-order chi connectivity index (χ1) is 6.96. The van der Waals surface area contributed by atoms with Gasteiger partial charge in [0, 0.05) is 6.04 Å². The van der Waals surface area contributed by atoms with Crippen molar-refractivity contribution in [2.24, 2.45) is 5.41 Å². The number of likely N-dealkylation sites (N-methyl/N-ethyl adjacent to an activating group) is 1. The van der Waals surface area contributed by atoms with Crippen LogP contribution in [0.2, 0.25) is 0 Å². The molecule has 1 N–H and O–H groups in total. The van der Waals surface area contributed by atoms with Crippen molar-refractivity contribution in [2.45, 2.75) is 65.0 Å². The zero-order valence-corrected chi connectivity index (χ0v) is 10.8. The summed E-state index contributed by atoms with van der Waals surface area (Å²) >= 11 is 0. The fourth-order valence-corrected chi connectivity index (χ4v) is 2.56. The molecule has 2 heteroatoms. The Morgan fingerprint density at radius 1 is 1.40 bits per heavy atom. The van der Waals surface area contributed by atoms with E-state index in [1.54, 1.807) is 0 Å². The van der Waals surface area contributed by atoms with Gasteiger partial charge in [-0.25, -0.2) is 0 Å². The van der Waals surface area contributed by atoms with Gasteiger partial charge in [-0.05, 0) is 44.7 Å². The number of rotatable bonds is 4. The number of hydrogen-bond donors (Lipinski definition) is 1. The van der Waals surface area contributed by atoms with Crippen LogP contribution in [0.4, 0.5) is 0 Å². The molecule has 0 aromatic carbocycles. The third kappa shape index (κ3) is 3.76. The second-order valence-corrected chi connectivity index (χ2v) is 5.88. The van der Waals surface area contributed by atoms with Crippen molar-refractivity contribution in [1.29, 1.82) is 0 Å². The molecule has 0 aliphatic heterocycles.